The molecule has 0 spiro atoms. The van der Waals surface area contributed by atoms with Gasteiger partial charge >= 0.3 is 0 Å². The second-order valence-corrected chi connectivity index (χ2v) is 6.80. The molecule has 2 unspecified atom stereocenters. The quantitative estimate of drug-likeness (QED) is 0.897. The highest BCUT2D eigenvalue weighted by atomic mass is 35.5. The minimum absolute atomic E-state index is 0. The van der Waals surface area contributed by atoms with Gasteiger partial charge < -0.3 is 10.6 Å². The van der Waals surface area contributed by atoms with Gasteiger partial charge in [0.05, 0.1) is 6.54 Å². The lowest BCUT2D eigenvalue weighted by molar-refractivity contribution is -0.123. The van der Waals surface area contributed by atoms with Crippen LogP contribution in [0.15, 0.2) is 47.2 Å². The molecule has 0 saturated heterocycles. The zero-order valence-electron chi connectivity index (χ0n) is 13.1. The third-order valence-corrected chi connectivity index (χ3v) is 5.05. The average Bonchev–Trinajstić information content (AvgIpc) is 3.06. The van der Waals surface area contributed by atoms with Crippen molar-refractivity contribution in [3.8, 4) is 0 Å². The number of benzene rings is 1. The maximum absolute atomic E-state index is 13.0. The monoisotopic (exact) mass is 350 g/mol. The zero-order valence-corrected chi connectivity index (χ0v) is 14.7. The lowest BCUT2D eigenvalue weighted by Crippen LogP contribution is -2.40. The molecule has 23 heavy (non-hydrogen) atoms. The Balaban J connectivity index is 0.00000192. The van der Waals surface area contributed by atoms with Crippen LogP contribution in [0.4, 0.5) is 5.69 Å². The van der Waals surface area contributed by atoms with E-state index in [1.165, 1.54) is 5.56 Å². The molecule has 1 aliphatic carbocycles. The van der Waals surface area contributed by atoms with Gasteiger partial charge in [-0.15, -0.1) is 12.4 Å². The number of nitrogens with two attached hydrogens (primary N) is 1. The van der Waals surface area contributed by atoms with Gasteiger partial charge in [-0.3, -0.25) is 4.79 Å². The molecule has 1 saturated carbocycles. The number of hydrogen-bond acceptors (Lipinski definition) is 3. The zero-order chi connectivity index (χ0) is 15.4. The maximum Gasteiger partial charge on any atom is 0.230 e. The molecule has 0 bridgehead atoms. The van der Waals surface area contributed by atoms with Gasteiger partial charge in [0.1, 0.15) is 0 Å². The van der Waals surface area contributed by atoms with Crippen molar-refractivity contribution in [1.29, 1.82) is 0 Å². The highest BCUT2D eigenvalue weighted by molar-refractivity contribution is 7.07. The predicted octanol–water partition coefficient (Wildman–Crippen LogP) is 4.22. The third kappa shape index (κ3) is 4.56. The molecule has 2 atom stereocenters. The summed E-state index contributed by atoms with van der Waals surface area (Å²) in [7, 11) is 0. The Labute approximate surface area is 147 Å². The number of nitrogens with zero attached hydrogens (tertiary/aromatic N) is 1. The van der Waals surface area contributed by atoms with Crippen LogP contribution >= 0.6 is 23.7 Å². The molecule has 1 amide bonds. The lowest BCUT2D eigenvalue weighted by atomic mass is 9.85. The summed E-state index contributed by atoms with van der Waals surface area (Å²) < 4.78 is 0. The first-order valence-electron chi connectivity index (χ1n) is 7.87. The predicted molar refractivity (Wildman–Crippen MR) is 99.1 cm³/mol. The van der Waals surface area contributed by atoms with E-state index in [1.807, 2.05) is 35.2 Å². The Bertz CT molecular complexity index is 603. The van der Waals surface area contributed by atoms with E-state index in [9.17, 15) is 4.79 Å². The fourth-order valence-electron chi connectivity index (χ4n) is 3.14. The van der Waals surface area contributed by atoms with Crippen molar-refractivity contribution in [3.63, 3.8) is 0 Å². The van der Waals surface area contributed by atoms with Crippen molar-refractivity contribution in [2.24, 2.45) is 11.7 Å². The summed E-state index contributed by atoms with van der Waals surface area (Å²) in [4.78, 5) is 15.0. The van der Waals surface area contributed by atoms with E-state index in [0.717, 1.165) is 31.4 Å². The molecule has 1 fully saturated rings. The number of amides is 1. The Morgan fingerprint density at radius 3 is 2.65 bits per heavy atom. The molecule has 5 heteroatoms. The first kappa shape index (κ1) is 18.0. The molecule has 0 radical (unpaired) electrons. The first-order valence-corrected chi connectivity index (χ1v) is 8.81. The molecule has 3 nitrogen and oxygen atoms in total. The minimum atomic E-state index is 0. The molecule has 1 aliphatic rings. The molecule has 2 N–H and O–H groups in total. The molecule has 0 aliphatic heterocycles. The van der Waals surface area contributed by atoms with Crippen LogP contribution in [0.5, 0.6) is 0 Å². The molecule has 2 aromatic rings. The molecule has 1 aromatic heterocycles. The van der Waals surface area contributed by atoms with Gasteiger partial charge in [0.2, 0.25) is 5.91 Å². The number of halogens is 1. The van der Waals surface area contributed by atoms with Crippen LogP contribution in [-0.2, 0) is 11.3 Å². The SMILES string of the molecule is Cl.NC1CCCC(C(=O)N(Cc2ccsc2)c2ccccc2)C1. The van der Waals surface area contributed by atoms with E-state index in [1.54, 1.807) is 11.3 Å². The summed E-state index contributed by atoms with van der Waals surface area (Å²) in [5, 5.41) is 4.16. The van der Waals surface area contributed by atoms with Crippen molar-refractivity contribution < 1.29 is 4.79 Å². The smallest absolute Gasteiger partial charge is 0.230 e. The number of thiophene rings is 1. The van der Waals surface area contributed by atoms with Crippen molar-refractivity contribution in [1.82, 2.24) is 0 Å². The summed E-state index contributed by atoms with van der Waals surface area (Å²) in [5.41, 5.74) is 8.22. The van der Waals surface area contributed by atoms with Gasteiger partial charge in [0, 0.05) is 17.6 Å². The summed E-state index contributed by atoms with van der Waals surface area (Å²) in [6, 6.07) is 12.2. The average molecular weight is 351 g/mol. The number of anilines is 1. The van der Waals surface area contributed by atoms with Gasteiger partial charge in [0.25, 0.3) is 0 Å². The molecule has 3 rings (SSSR count). The minimum Gasteiger partial charge on any atom is -0.328 e. The Hall–Kier alpha value is -1.36. The van der Waals surface area contributed by atoms with Gasteiger partial charge in [-0.05, 0) is 53.8 Å². The van der Waals surface area contributed by atoms with Crippen LogP contribution in [-0.4, -0.2) is 11.9 Å². The first-order chi connectivity index (χ1) is 10.7. The summed E-state index contributed by atoms with van der Waals surface area (Å²) in [5.74, 6) is 0.273. The van der Waals surface area contributed by atoms with E-state index in [0.29, 0.717) is 6.54 Å². The van der Waals surface area contributed by atoms with Crippen molar-refractivity contribution in [2.45, 2.75) is 38.3 Å². The van der Waals surface area contributed by atoms with Crippen LogP contribution in [0, 0.1) is 5.92 Å². The number of rotatable bonds is 4. The molecular formula is C18H23ClN2OS. The van der Waals surface area contributed by atoms with Crippen LogP contribution in [0.3, 0.4) is 0 Å². The third-order valence-electron chi connectivity index (χ3n) is 4.32. The Kier molecular flexibility index (Phi) is 6.63. The fourth-order valence-corrected chi connectivity index (χ4v) is 3.80. The van der Waals surface area contributed by atoms with E-state index < -0.39 is 0 Å². The molecule has 1 heterocycles. The Morgan fingerprint density at radius 1 is 1.22 bits per heavy atom. The summed E-state index contributed by atoms with van der Waals surface area (Å²) in [6.45, 7) is 0.637. The highest BCUT2D eigenvalue weighted by Gasteiger charge is 2.29. The van der Waals surface area contributed by atoms with Crippen LogP contribution < -0.4 is 10.6 Å². The fraction of sp³-hybridized carbons (Fsp3) is 0.389. The number of para-hydroxylation sites is 1. The standard InChI is InChI=1S/C18H22N2OS.ClH/c19-16-6-4-5-15(11-16)18(21)20(12-14-9-10-22-13-14)17-7-2-1-3-8-17;/h1-3,7-10,13,15-16H,4-6,11-12,19H2;1H. The van der Waals surface area contributed by atoms with E-state index in [-0.39, 0.29) is 30.3 Å². The maximum atomic E-state index is 13.0. The van der Waals surface area contributed by atoms with Crippen LogP contribution in [0.1, 0.15) is 31.2 Å². The van der Waals surface area contributed by atoms with E-state index >= 15 is 0 Å². The second-order valence-electron chi connectivity index (χ2n) is 6.02. The van der Waals surface area contributed by atoms with Crippen LogP contribution in [0.2, 0.25) is 0 Å². The normalized spacial score (nSPS) is 20.6. The number of hydrogen-bond donors (Lipinski definition) is 1. The number of carbonyl (C=O) groups is 1. The second kappa shape index (κ2) is 8.48. The Morgan fingerprint density at radius 2 is 2.00 bits per heavy atom. The lowest BCUT2D eigenvalue weighted by Gasteiger charge is -2.31. The molecule has 124 valence electrons. The molecular weight excluding hydrogens is 328 g/mol. The van der Waals surface area contributed by atoms with Gasteiger partial charge in [-0.1, -0.05) is 24.6 Å². The van der Waals surface area contributed by atoms with Gasteiger partial charge in [0.15, 0.2) is 0 Å². The van der Waals surface area contributed by atoms with Crippen LogP contribution in [0.25, 0.3) is 0 Å². The highest BCUT2D eigenvalue weighted by Crippen LogP contribution is 2.28. The number of carbonyl (C=O) groups excluding carboxylic acids is 1. The topological polar surface area (TPSA) is 46.3 Å². The van der Waals surface area contributed by atoms with Crippen molar-refractivity contribution in [2.75, 3.05) is 4.90 Å². The summed E-state index contributed by atoms with van der Waals surface area (Å²) in [6.07, 6.45) is 3.86. The van der Waals surface area contributed by atoms with Gasteiger partial charge in [-0.25, -0.2) is 0 Å². The van der Waals surface area contributed by atoms with E-state index in [4.69, 9.17) is 5.73 Å². The van der Waals surface area contributed by atoms with E-state index in [2.05, 4.69) is 16.8 Å². The van der Waals surface area contributed by atoms with Crippen molar-refractivity contribution in [3.05, 3.63) is 52.7 Å². The van der Waals surface area contributed by atoms with Gasteiger partial charge in [-0.2, -0.15) is 11.3 Å². The molecule has 1 aromatic carbocycles. The largest absolute Gasteiger partial charge is 0.328 e. The summed E-state index contributed by atoms with van der Waals surface area (Å²) >= 11 is 1.67. The van der Waals surface area contributed by atoms with Crippen molar-refractivity contribution >= 4 is 35.3 Å².